The van der Waals surface area contributed by atoms with Gasteiger partial charge in [0.05, 0.1) is 6.04 Å². The molecule has 0 aromatic rings. The lowest BCUT2D eigenvalue weighted by Gasteiger charge is -2.49. The Morgan fingerprint density at radius 3 is 2.50 bits per heavy atom. The average molecular weight is 365 g/mol. The number of fused-ring (bicyclic) bond motifs is 1. The van der Waals surface area contributed by atoms with Gasteiger partial charge in [0.25, 0.3) is 0 Å². The van der Waals surface area contributed by atoms with Gasteiger partial charge in [-0.2, -0.15) is 0 Å². The number of carbonyl (C=O) groups is 1. The summed E-state index contributed by atoms with van der Waals surface area (Å²) in [4.78, 5) is 16.3. The van der Waals surface area contributed by atoms with Crippen LogP contribution in [0.3, 0.4) is 0 Å². The average Bonchev–Trinajstić information content (AvgIpc) is 3.08. The van der Waals surface area contributed by atoms with Crippen molar-refractivity contribution in [2.45, 2.75) is 69.5 Å². The summed E-state index contributed by atoms with van der Waals surface area (Å²) < 4.78 is 5.27. The van der Waals surface area contributed by atoms with Crippen molar-refractivity contribution in [3.05, 3.63) is 0 Å². The van der Waals surface area contributed by atoms with Crippen molar-refractivity contribution in [1.82, 2.24) is 15.1 Å². The number of piperidine rings is 1. The number of nitrogens with zero attached hydrogens (tertiary/aromatic N) is 2. The van der Waals surface area contributed by atoms with Crippen LogP contribution in [0.2, 0.25) is 0 Å². The van der Waals surface area contributed by atoms with Gasteiger partial charge < -0.3 is 15.8 Å². The second kappa shape index (κ2) is 8.44. The molecular formula is C20H36N4O2. The summed E-state index contributed by atoms with van der Waals surface area (Å²) in [6, 6.07) is 0.852. The smallest absolute Gasteiger partial charge is 0.410 e. The summed E-state index contributed by atoms with van der Waals surface area (Å²) in [6.45, 7) is 5.21. The van der Waals surface area contributed by atoms with Gasteiger partial charge in [-0.3, -0.25) is 9.80 Å². The number of amides is 1. The van der Waals surface area contributed by atoms with E-state index in [1.54, 1.807) is 0 Å². The van der Waals surface area contributed by atoms with Gasteiger partial charge in [0.2, 0.25) is 0 Å². The van der Waals surface area contributed by atoms with Gasteiger partial charge in [0, 0.05) is 38.3 Å². The Bertz CT molecular complexity index is 478. The van der Waals surface area contributed by atoms with Crippen LogP contribution in [0, 0.1) is 11.8 Å². The van der Waals surface area contributed by atoms with Crippen molar-refractivity contribution in [3.8, 4) is 0 Å². The van der Waals surface area contributed by atoms with E-state index in [4.69, 9.17) is 10.5 Å². The number of nitrogens with one attached hydrogen (secondary N) is 1. The van der Waals surface area contributed by atoms with E-state index < -0.39 is 0 Å². The standard InChI is InChI=1S/C20H36N4O2/c21-18-12-22-11-17(15-7-5-3-1-2-4-6-8-15)19(18)23-9-10-24-16(13-23)14-26-20(24)25/h15-19,22H,1-14,21H2. The Balaban J connectivity index is 1.47. The van der Waals surface area contributed by atoms with Crippen molar-refractivity contribution in [2.24, 2.45) is 17.6 Å². The topological polar surface area (TPSA) is 70.8 Å². The maximum absolute atomic E-state index is 11.8. The molecule has 0 aromatic carbocycles. The molecule has 0 aromatic heterocycles. The molecule has 3 heterocycles. The minimum atomic E-state index is -0.128. The zero-order chi connectivity index (χ0) is 17.9. The molecule has 4 atom stereocenters. The van der Waals surface area contributed by atoms with Gasteiger partial charge in [-0.1, -0.05) is 51.4 Å². The van der Waals surface area contributed by atoms with E-state index in [0.29, 0.717) is 18.6 Å². The van der Waals surface area contributed by atoms with Gasteiger partial charge >= 0.3 is 6.09 Å². The number of rotatable bonds is 2. The number of piperazine rings is 1. The first-order chi connectivity index (χ1) is 12.7. The predicted molar refractivity (Wildman–Crippen MR) is 102 cm³/mol. The van der Waals surface area contributed by atoms with E-state index in [9.17, 15) is 4.79 Å². The van der Waals surface area contributed by atoms with Gasteiger partial charge in [0.1, 0.15) is 6.61 Å². The molecule has 26 heavy (non-hydrogen) atoms. The van der Waals surface area contributed by atoms with Crippen LogP contribution in [-0.4, -0.2) is 73.3 Å². The fraction of sp³-hybridized carbons (Fsp3) is 0.950. The SMILES string of the molecule is NC1CNCC(C2CCCCCCCC2)C1N1CCN2C(=O)OCC2C1. The fourth-order valence-electron chi connectivity index (χ4n) is 5.84. The van der Waals surface area contributed by atoms with Crippen molar-refractivity contribution in [3.63, 3.8) is 0 Å². The summed E-state index contributed by atoms with van der Waals surface area (Å²) in [6.07, 6.45) is 11.0. The highest BCUT2D eigenvalue weighted by atomic mass is 16.6. The molecule has 0 spiro atoms. The van der Waals surface area contributed by atoms with Crippen LogP contribution >= 0.6 is 0 Å². The molecule has 4 aliphatic rings. The van der Waals surface area contributed by atoms with Gasteiger partial charge in [-0.15, -0.1) is 0 Å². The number of ether oxygens (including phenoxy) is 1. The third-order valence-corrected chi connectivity index (χ3v) is 7.21. The molecular weight excluding hydrogens is 328 g/mol. The highest BCUT2D eigenvalue weighted by Gasteiger charge is 2.44. The minimum Gasteiger partial charge on any atom is -0.447 e. The third kappa shape index (κ3) is 3.87. The molecule has 4 fully saturated rings. The van der Waals surface area contributed by atoms with E-state index in [1.165, 1.54) is 51.4 Å². The maximum Gasteiger partial charge on any atom is 0.410 e. The lowest BCUT2D eigenvalue weighted by atomic mass is 9.75. The van der Waals surface area contributed by atoms with E-state index in [2.05, 4.69) is 10.2 Å². The number of carbonyl (C=O) groups excluding carboxylic acids is 1. The first-order valence-electron chi connectivity index (χ1n) is 10.9. The molecule has 0 bridgehead atoms. The second-order valence-corrected chi connectivity index (χ2v) is 8.85. The number of hydrogen-bond donors (Lipinski definition) is 2. The molecule has 0 radical (unpaired) electrons. The first-order valence-corrected chi connectivity index (χ1v) is 10.9. The van der Waals surface area contributed by atoms with Crippen molar-refractivity contribution < 1.29 is 9.53 Å². The van der Waals surface area contributed by atoms with Crippen LogP contribution in [0.25, 0.3) is 0 Å². The Kier molecular flexibility index (Phi) is 6.01. The van der Waals surface area contributed by atoms with Crippen molar-refractivity contribution >= 4 is 6.09 Å². The largest absolute Gasteiger partial charge is 0.447 e. The highest BCUT2D eigenvalue weighted by Crippen LogP contribution is 2.34. The van der Waals surface area contributed by atoms with Crippen LogP contribution < -0.4 is 11.1 Å². The molecule has 6 nitrogen and oxygen atoms in total. The molecule has 3 saturated heterocycles. The summed E-state index contributed by atoms with van der Waals surface area (Å²) in [5.74, 6) is 1.43. The number of nitrogens with two attached hydrogens (primary N) is 1. The van der Waals surface area contributed by atoms with Crippen LogP contribution in [0.15, 0.2) is 0 Å². The quantitative estimate of drug-likeness (QED) is 0.782. The zero-order valence-electron chi connectivity index (χ0n) is 16.1. The number of cyclic esters (lactones) is 1. The van der Waals surface area contributed by atoms with Gasteiger partial charge in [0.15, 0.2) is 0 Å². The third-order valence-electron chi connectivity index (χ3n) is 7.21. The van der Waals surface area contributed by atoms with Crippen LogP contribution in [0.1, 0.15) is 51.4 Å². The summed E-state index contributed by atoms with van der Waals surface area (Å²) in [5, 5.41) is 3.62. The highest BCUT2D eigenvalue weighted by molar-refractivity contribution is 5.70. The first kappa shape index (κ1) is 18.5. The van der Waals surface area contributed by atoms with Gasteiger partial charge in [-0.05, 0) is 18.4 Å². The summed E-state index contributed by atoms with van der Waals surface area (Å²) in [5.41, 5.74) is 6.66. The maximum atomic E-state index is 11.8. The van der Waals surface area contributed by atoms with Crippen molar-refractivity contribution in [2.75, 3.05) is 39.3 Å². The Morgan fingerprint density at radius 1 is 1.00 bits per heavy atom. The lowest BCUT2D eigenvalue weighted by molar-refractivity contribution is 0.0174. The molecule has 148 valence electrons. The molecule has 6 heteroatoms. The van der Waals surface area contributed by atoms with E-state index in [0.717, 1.165) is 38.6 Å². The Hall–Kier alpha value is -0.850. The van der Waals surface area contributed by atoms with Gasteiger partial charge in [-0.25, -0.2) is 4.79 Å². The number of hydrogen-bond acceptors (Lipinski definition) is 5. The Labute approximate surface area is 157 Å². The lowest BCUT2D eigenvalue weighted by Crippen LogP contribution is -2.66. The monoisotopic (exact) mass is 364 g/mol. The van der Waals surface area contributed by atoms with Crippen LogP contribution in [0.4, 0.5) is 4.79 Å². The van der Waals surface area contributed by atoms with E-state index >= 15 is 0 Å². The van der Waals surface area contributed by atoms with E-state index in [1.807, 2.05) is 4.90 Å². The van der Waals surface area contributed by atoms with E-state index in [-0.39, 0.29) is 18.2 Å². The normalized spacial score (nSPS) is 38.2. The van der Waals surface area contributed by atoms with Crippen molar-refractivity contribution in [1.29, 1.82) is 0 Å². The summed E-state index contributed by atoms with van der Waals surface area (Å²) in [7, 11) is 0. The molecule has 1 amide bonds. The molecule has 1 aliphatic carbocycles. The summed E-state index contributed by atoms with van der Waals surface area (Å²) >= 11 is 0. The minimum absolute atomic E-state index is 0.128. The second-order valence-electron chi connectivity index (χ2n) is 8.85. The zero-order valence-corrected chi connectivity index (χ0v) is 16.1. The molecule has 4 unspecified atom stereocenters. The fourth-order valence-corrected chi connectivity index (χ4v) is 5.84. The van der Waals surface area contributed by atoms with Crippen LogP contribution in [0.5, 0.6) is 0 Å². The molecule has 4 rings (SSSR count). The Morgan fingerprint density at radius 2 is 1.73 bits per heavy atom. The molecule has 3 aliphatic heterocycles. The molecule has 1 saturated carbocycles. The van der Waals surface area contributed by atoms with Crippen LogP contribution in [-0.2, 0) is 4.74 Å². The predicted octanol–water partition coefficient (Wildman–Crippen LogP) is 1.79. The molecule has 3 N–H and O–H groups in total.